The second-order valence-corrected chi connectivity index (χ2v) is 11.1. The van der Waals surface area contributed by atoms with E-state index in [4.69, 9.17) is 9.47 Å². The van der Waals surface area contributed by atoms with Crippen molar-refractivity contribution < 1.29 is 14.3 Å². The standard InChI is InChI=1S/C35H38N4O4/c1-42-22-21-37-26-38(32(28-15-7-3-8-16-28)29-17-9-4-10-18-29)39-30(24-36-19-11-12-20-36)23-31(40)34(33(39)35(37)41)43-25-27-13-5-2-6-14-27/h2-10,13-18,23,32H,11-12,19-22,24-26H2,1H3. The van der Waals surface area contributed by atoms with Gasteiger partial charge in [-0.2, -0.15) is 0 Å². The van der Waals surface area contributed by atoms with Gasteiger partial charge in [-0.15, -0.1) is 0 Å². The van der Waals surface area contributed by atoms with Crippen LogP contribution in [0.25, 0.3) is 0 Å². The molecule has 6 rings (SSSR count). The fourth-order valence-corrected chi connectivity index (χ4v) is 6.10. The fourth-order valence-electron chi connectivity index (χ4n) is 6.10. The number of pyridine rings is 1. The molecule has 2 aliphatic heterocycles. The van der Waals surface area contributed by atoms with Crippen LogP contribution >= 0.6 is 0 Å². The number of methoxy groups -OCH3 is 1. The third kappa shape index (κ3) is 6.21. The highest BCUT2D eigenvalue weighted by Crippen LogP contribution is 2.34. The Balaban J connectivity index is 1.55. The van der Waals surface area contributed by atoms with Crippen LogP contribution in [-0.2, 0) is 17.9 Å². The van der Waals surface area contributed by atoms with E-state index in [1.807, 2.05) is 71.4 Å². The number of hydrogen-bond acceptors (Lipinski definition) is 6. The van der Waals surface area contributed by atoms with E-state index in [2.05, 4.69) is 34.2 Å². The van der Waals surface area contributed by atoms with Crippen molar-refractivity contribution in [2.75, 3.05) is 45.0 Å². The number of rotatable bonds is 11. The Morgan fingerprint density at radius 1 is 0.814 bits per heavy atom. The Morgan fingerprint density at radius 2 is 1.42 bits per heavy atom. The van der Waals surface area contributed by atoms with Crippen LogP contribution in [0.5, 0.6) is 5.75 Å². The molecular weight excluding hydrogens is 540 g/mol. The summed E-state index contributed by atoms with van der Waals surface area (Å²) in [4.78, 5) is 32.3. The molecular formula is C35H38N4O4. The SMILES string of the molecule is COCCN1CN(C(c2ccccc2)c2ccccc2)n2c(CN3CCCC3)cc(=O)c(OCc3ccccc3)c2C1=O. The molecule has 4 aromatic rings. The predicted molar refractivity (Wildman–Crippen MR) is 167 cm³/mol. The average molecular weight is 579 g/mol. The molecule has 43 heavy (non-hydrogen) atoms. The van der Waals surface area contributed by atoms with Crippen LogP contribution in [0.1, 0.15) is 51.8 Å². The van der Waals surface area contributed by atoms with E-state index < -0.39 is 0 Å². The molecule has 2 aliphatic rings. The van der Waals surface area contributed by atoms with E-state index in [-0.39, 0.29) is 35.4 Å². The maximum absolute atomic E-state index is 14.3. The smallest absolute Gasteiger partial charge is 0.277 e. The molecule has 3 aromatic carbocycles. The monoisotopic (exact) mass is 578 g/mol. The largest absolute Gasteiger partial charge is 0.482 e. The van der Waals surface area contributed by atoms with Crippen LogP contribution in [0.15, 0.2) is 102 Å². The lowest BCUT2D eigenvalue weighted by Gasteiger charge is -2.45. The van der Waals surface area contributed by atoms with E-state index in [0.717, 1.165) is 48.3 Å². The molecule has 3 heterocycles. The first-order valence-corrected chi connectivity index (χ1v) is 15.0. The van der Waals surface area contributed by atoms with E-state index in [1.54, 1.807) is 18.1 Å². The summed E-state index contributed by atoms with van der Waals surface area (Å²) in [5, 5.41) is 2.21. The number of fused-ring (bicyclic) bond motifs is 1. The molecule has 0 atom stereocenters. The third-order valence-corrected chi connectivity index (χ3v) is 8.19. The number of aromatic nitrogens is 1. The number of likely N-dealkylation sites (tertiary alicyclic amines) is 1. The normalized spacial score (nSPS) is 15.3. The molecule has 0 saturated carbocycles. The zero-order valence-corrected chi connectivity index (χ0v) is 24.6. The molecule has 222 valence electrons. The summed E-state index contributed by atoms with van der Waals surface area (Å²) in [7, 11) is 1.63. The van der Waals surface area contributed by atoms with Gasteiger partial charge < -0.3 is 14.4 Å². The van der Waals surface area contributed by atoms with E-state index in [1.165, 1.54) is 0 Å². The first-order chi connectivity index (χ1) is 21.1. The van der Waals surface area contributed by atoms with Crippen molar-refractivity contribution in [3.05, 3.63) is 135 Å². The second-order valence-electron chi connectivity index (χ2n) is 11.1. The van der Waals surface area contributed by atoms with Crippen molar-refractivity contribution in [2.45, 2.75) is 32.0 Å². The number of nitrogens with zero attached hydrogens (tertiary/aromatic N) is 4. The summed E-state index contributed by atoms with van der Waals surface area (Å²) in [5.74, 6) is -0.164. The highest BCUT2D eigenvalue weighted by atomic mass is 16.5. The van der Waals surface area contributed by atoms with Crippen molar-refractivity contribution >= 4 is 5.91 Å². The van der Waals surface area contributed by atoms with Gasteiger partial charge in [0.25, 0.3) is 5.91 Å². The van der Waals surface area contributed by atoms with E-state index in [9.17, 15) is 9.59 Å². The van der Waals surface area contributed by atoms with Crippen molar-refractivity contribution in [3.8, 4) is 5.75 Å². The van der Waals surface area contributed by atoms with Crippen molar-refractivity contribution in [1.29, 1.82) is 0 Å². The van der Waals surface area contributed by atoms with Crippen LogP contribution < -0.4 is 15.2 Å². The quantitative estimate of drug-likeness (QED) is 0.255. The van der Waals surface area contributed by atoms with Gasteiger partial charge in [0.1, 0.15) is 13.3 Å². The van der Waals surface area contributed by atoms with Gasteiger partial charge in [-0.3, -0.25) is 19.5 Å². The third-order valence-electron chi connectivity index (χ3n) is 8.19. The Labute approximate surface area is 252 Å². The van der Waals surface area contributed by atoms with Gasteiger partial charge in [-0.25, -0.2) is 4.68 Å². The molecule has 8 heteroatoms. The summed E-state index contributed by atoms with van der Waals surface area (Å²) in [6.45, 7) is 3.75. The minimum atomic E-state index is -0.283. The number of amides is 1. The Bertz CT molecular complexity index is 1530. The molecule has 1 saturated heterocycles. The topological polar surface area (TPSA) is 67.2 Å². The van der Waals surface area contributed by atoms with Crippen LogP contribution in [0.3, 0.4) is 0 Å². The number of hydrogen-bond donors (Lipinski definition) is 0. The molecule has 8 nitrogen and oxygen atoms in total. The van der Waals surface area contributed by atoms with Gasteiger partial charge >= 0.3 is 0 Å². The summed E-state index contributed by atoms with van der Waals surface area (Å²) in [6.07, 6.45) is 2.25. The zero-order chi connectivity index (χ0) is 29.6. The Kier molecular flexibility index (Phi) is 8.86. The number of ether oxygens (including phenoxy) is 2. The molecule has 0 unspecified atom stereocenters. The molecule has 0 N–H and O–H groups in total. The highest BCUT2D eigenvalue weighted by molar-refractivity contribution is 5.96. The highest BCUT2D eigenvalue weighted by Gasteiger charge is 2.39. The van der Waals surface area contributed by atoms with Crippen molar-refractivity contribution in [2.24, 2.45) is 0 Å². The van der Waals surface area contributed by atoms with Gasteiger partial charge in [0.05, 0.1) is 18.3 Å². The number of carbonyl (C=O) groups excluding carboxylic acids is 1. The fraction of sp³-hybridized carbons (Fsp3) is 0.314. The summed E-state index contributed by atoms with van der Waals surface area (Å²) in [6, 6.07) is 31.8. The lowest BCUT2D eigenvalue weighted by Crippen LogP contribution is -2.57. The van der Waals surface area contributed by atoms with Crippen LogP contribution in [0, 0.1) is 0 Å². The van der Waals surface area contributed by atoms with Crippen LogP contribution in [0.2, 0.25) is 0 Å². The van der Waals surface area contributed by atoms with Gasteiger partial charge in [0.15, 0.2) is 11.4 Å². The molecule has 0 radical (unpaired) electrons. The van der Waals surface area contributed by atoms with Gasteiger partial charge in [0, 0.05) is 26.3 Å². The Morgan fingerprint density at radius 3 is 2.02 bits per heavy atom. The van der Waals surface area contributed by atoms with Crippen molar-refractivity contribution in [3.63, 3.8) is 0 Å². The maximum atomic E-state index is 14.3. The maximum Gasteiger partial charge on any atom is 0.277 e. The van der Waals surface area contributed by atoms with Gasteiger partial charge in [-0.05, 0) is 42.6 Å². The van der Waals surface area contributed by atoms with E-state index in [0.29, 0.717) is 26.4 Å². The summed E-state index contributed by atoms with van der Waals surface area (Å²) >= 11 is 0. The lowest BCUT2D eigenvalue weighted by atomic mass is 9.98. The van der Waals surface area contributed by atoms with Gasteiger partial charge in [0.2, 0.25) is 5.43 Å². The molecule has 0 aliphatic carbocycles. The van der Waals surface area contributed by atoms with E-state index >= 15 is 0 Å². The van der Waals surface area contributed by atoms with Gasteiger partial charge in [-0.1, -0.05) is 91.0 Å². The summed E-state index contributed by atoms with van der Waals surface area (Å²) < 4.78 is 13.6. The molecule has 1 amide bonds. The summed E-state index contributed by atoms with van der Waals surface area (Å²) in [5.41, 5.74) is 3.85. The molecule has 1 aromatic heterocycles. The lowest BCUT2D eigenvalue weighted by molar-refractivity contribution is 0.0607. The average Bonchev–Trinajstić information content (AvgIpc) is 3.56. The molecule has 0 spiro atoms. The zero-order valence-electron chi connectivity index (χ0n) is 24.6. The minimum absolute atomic E-state index is 0.0750. The number of carbonyl (C=O) groups is 1. The van der Waals surface area contributed by atoms with Crippen LogP contribution in [0.4, 0.5) is 0 Å². The van der Waals surface area contributed by atoms with Crippen LogP contribution in [-0.4, -0.2) is 60.4 Å². The Hall–Kier alpha value is -4.40. The number of benzene rings is 3. The first-order valence-electron chi connectivity index (χ1n) is 15.0. The predicted octanol–water partition coefficient (Wildman–Crippen LogP) is 4.81. The second kappa shape index (κ2) is 13.3. The minimum Gasteiger partial charge on any atom is -0.482 e. The first kappa shape index (κ1) is 28.7. The van der Waals surface area contributed by atoms with Crippen molar-refractivity contribution in [1.82, 2.24) is 14.5 Å². The molecule has 0 bridgehead atoms. The molecule has 1 fully saturated rings.